The van der Waals surface area contributed by atoms with E-state index in [0.29, 0.717) is 11.4 Å². The quantitative estimate of drug-likeness (QED) is 0.662. The van der Waals surface area contributed by atoms with Crippen molar-refractivity contribution in [2.45, 2.75) is 19.4 Å². The Morgan fingerprint density at radius 2 is 1.61 bits per heavy atom. The molecule has 6 N–H and O–H groups in total. The van der Waals surface area contributed by atoms with E-state index in [4.69, 9.17) is 11.5 Å². The van der Waals surface area contributed by atoms with E-state index in [1.54, 1.807) is 31.2 Å². The van der Waals surface area contributed by atoms with Crippen molar-refractivity contribution in [1.29, 1.82) is 0 Å². The van der Waals surface area contributed by atoms with Crippen LogP contribution in [0.2, 0.25) is 0 Å². The molecule has 0 spiro atoms. The van der Waals surface area contributed by atoms with Gasteiger partial charge in [-0.25, -0.2) is 4.79 Å². The minimum Gasteiger partial charge on any atom is -0.351 e. The Morgan fingerprint density at radius 3 is 2.00 bits per heavy atom. The largest absolute Gasteiger partial charge is 0.351 e. The highest BCUT2D eigenvalue weighted by molar-refractivity contribution is 5.92. The van der Waals surface area contributed by atoms with Gasteiger partial charge in [0.1, 0.15) is 0 Å². The van der Waals surface area contributed by atoms with E-state index in [9.17, 15) is 9.59 Å². The average molecular weight is 273 g/mol. The minimum atomic E-state index is -0.626. The summed E-state index contributed by atoms with van der Waals surface area (Å²) in [6.45, 7) is 1.76. The summed E-state index contributed by atoms with van der Waals surface area (Å²) in [6, 6.07) is 5.83. The number of rotatable bonds is 4. The molecule has 100 valence electrons. The molecule has 0 aliphatic carbocycles. The van der Waals surface area contributed by atoms with E-state index in [1.165, 1.54) is 0 Å². The lowest BCUT2D eigenvalue weighted by atomic mass is 10.2. The smallest absolute Gasteiger partial charge is 0.316 e. The zero-order chi connectivity index (χ0) is 12.8. The van der Waals surface area contributed by atoms with Gasteiger partial charge in [-0.3, -0.25) is 4.79 Å². The second-order valence-electron chi connectivity index (χ2n) is 3.80. The Morgan fingerprint density at radius 1 is 1.17 bits per heavy atom. The molecule has 7 heteroatoms. The molecule has 0 bridgehead atoms. The first-order valence-electron chi connectivity index (χ1n) is 5.19. The van der Waals surface area contributed by atoms with Crippen molar-refractivity contribution in [3.05, 3.63) is 24.3 Å². The van der Waals surface area contributed by atoms with Crippen molar-refractivity contribution in [2.75, 3.05) is 10.6 Å². The van der Waals surface area contributed by atoms with Gasteiger partial charge < -0.3 is 22.1 Å². The van der Waals surface area contributed by atoms with E-state index >= 15 is 0 Å². The van der Waals surface area contributed by atoms with Crippen LogP contribution in [-0.2, 0) is 4.79 Å². The van der Waals surface area contributed by atoms with Gasteiger partial charge in [0.05, 0.1) is 0 Å². The normalized spacial score (nSPS) is 11.0. The summed E-state index contributed by atoms with van der Waals surface area (Å²) in [7, 11) is 0. The molecule has 0 saturated heterocycles. The zero-order valence-electron chi connectivity index (χ0n) is 9.97. The number of anilines is 2. The summed E-state index contributed by atoms with van der Waals surface area (Å²) in [6.07, 6.45) is 0.265. The summed E-state index contributed by atoms with van der Waals surface area (Å²) in [4.78, 5) is 22.0. The van der Waals surface area contributed by atoms with Crippen molar-refractivity contribution in [1.82, 2.24) is 0 Å². The maximum atomic E-state index is 11.4. The van der Waals surface area contributed by atoms with Gasteiger partial charge in [0.25, 0.3) is 0 Å². The van der Waals surface area contributed by atoms with Crippen molar-refractivity contribution in [3.63, 3.8) is 0 Å². The van der Waals surface area contributed by atoms with Crippen LogP contribution < -0.4 is 22.1 Å². The first kappa shape index (κ1) is 16.2. The van der Waals surface area contributed by atoms with Crippen LogP contribution in [0.1, 0.15) is 13.3 Å². The van der Waals surface area contributed by atoms with E-state index in [-0.39, 0.29) is 30.8 Å². The van der Waals surface area contributed by atoms with Gasteiger partial charge in [0.15, 0.2) is 0 Å². The van der Waals surface area contributed by atoms with Crippen molar-refractivity contribution in [3.8, 4) is 0 Å². The van der Waals surface area contributed by atoms with Gasteiger partial charge >= 0.3 is 6.03 Å². The molecule has 0 saturated carbocycles. The molecule has 1 atom stereocenters. The second-order valence-corrected chi connectivity index (χ2v) is 3.80. The Hall–Kier alpha value is -1.79. The van der Waals surface area contributed by atoms with Crippen LogP contribution in [0.3, 0.4) is 0 Å². The second kappa shape index (κ2) is 7.52. The molecule has 0 aliphatic rings. The molecule has 0 heterocycles. The van der Waals surface area contributed by atoms with Crippen LogP contribution in [0.4, 0.5) is 16.2 Å². The number of amides is 3. The number of primary amides is 1. The number of urea groups is 1. The monoisotopic (exact) mass is 272 g/mol. The fraction of sp³-hybridized carbons (Fsp3) is 0.273. The third-order valence-corrected chi connectivity index (χ3v) is 1.94. The van der Waals surface area contributed by atoms with Crippen LogP contribution in [0, 0.1) is 0 Å². The Bertz CT molecular complexity index is 406. The van der Waals surface area contributed by atoms with E-state index < -0.39 is 6.03 Å². The molecule has 1 rings (SSSR count). The lowest BCUT2D eigenvalue weighted by Gasteiger charge is -2.08. The molecule has 18 heavy (non-hydrogen) atoms. The van der Waals surface area contributed by atoms with Crippen molar-refractivity contribution < 1.29 is 9.59 Å². The fourth-order valence-electron chi connectivity index (χ4n) is 1.28. The minimum absolute atomic E-state index is 0. The highest BCUT2D eigenvalue weighted by Gasteiger charge is 2.05. The maximum absolute atomic E-state index is 11.4. The Kier molecular flexibility index (Phi) is 6.77. The molecule has 0 fully saturated rings. The number of carbonyl (C=O) groups is 2. The fourth-order valence-corrected chi connectivity index (χ4v) is 1.28. The van der Waals surface area contributed by atoms with Gasteiger partial charge in [-0.2, -0.15) is 0 Å². The van der Waals surface area contributed by atoms with Crippen LogP contribution in [0.25, 0.3) is 0 Å². The highest BCUT2D eigenvalue weighted by atomic mass is 35.5. The van der Waals surface area contributed by atoms with Gasteiger partial charge in [-0.05, 0) is 31.2 Å². The molecule has 0 aromatic heterocycles. The Labute approximate surface area is 112 Å². The molecule has 0 aliphatic heterocycles. The van der Waals surface area contributed by atoms with E-state index in [1.807, 2.05) is 0 Å². The number of benzene rings is 1. The lowest BCUT2D eigenvalue weighted by Crippen LogP contribution is -2.24. The van der Waals surface area contributed by atoms with Gasteiger partial charge in [-0.1, -0.05) is 0 Å². The highest BCUT2D eigenvalue weighted by Crippen LogP contribution is 2.13. The molecular formula is C11H17ClN4O2. The van der Waals surface area contributed by atoms with Crippen LogP contribution in [0.5, 0.6) is 0 Å². The van der Waals surface area contributed by atoms with Crippen LogP contribution in [-0.4, -0.2) is 18.0 Å². The summed E-state index contributed by atoms with van der Waals surface area (Å²) in [5, 5.41) is 5.11. The third-order valence-electron chi connectivity index (χ3n) is 1.94. The van der Waals surface area contributed by atoms with Crippen molar-refractivity contribution in [2.24, 2.45) is 11.5 Å². The average Bonchev–Trinajstić information content (AvgIpc) is 2.18. The maximum Gasteiger partial charge on any atom is 0.316 e. The van der Waals surface area contributed by atoms with Crippen LogP contribution >= 0.6 is 12.4 Å². The number of carbonyl (C=O) groups excluding carboxylic acids is 2. The Balaban J connectivity index is 0.00000289. The molecule has 0 radical (unpaired) electrons. The lowest BCUT2D eigenvalue weighted by molar-refractivity contribution is -0.116. The predicted molar refractivity (Wildman–Crippen MR) is 73.8 cm³/mol. The SMILES string of the molecule is CC(N)CC(=O)Nc1ccc(NC(N)=O)cc1.Cl. The molecular weight excluding hydrogens is 256 g/mol. The predicted octanol–water partition coefficient (Wildman–Crippen LogP) is 1.27. The molecule has 1 aromatic carbocycles. The number of halogens is 1. The summed E-state index contributed by atoms with van der Waals surface area (Å²) < 4.78 is 0. The first-order chi connectivity index (χ1) is 7.97. The number of hydrogen-bond donors (Lipinski definition) is 4. The van der Waals surface area contributed by atoms with Gasteiger partial charge in [0.2, 0.25) is 5.91 Å². The summed E-state index contributed by atoms with van der Waals surface area (Å²) in [5.74, 6) is -0.143. The molecule has 1 aromatic rings. The summed E-state index contributed by atoms with van der Waals surface area (Å²) >= 11 is 0. The molecule has 6 nitrogen and oxygen atoms in total. The van der Waals surface area contributed by atoms with Gasteiger partial charge in [-0.15, -0.1) is 12.4 Å². The van der Waals surface area contributed by atoms with Crippen molar-refractivity contribution >= 4 is 35.7 Å². The van der Waals surface area contributed by atoms with Crippen LogP contribution in [0.15, 0.2) is 24.3 Å². The standard InChI is InChI=1S/C11H16N4O2.ClH/c1-7(12)6-10(16)14-8-2-4-9(5-3-8)15-11(13)17;/h2-5,7H,6,12H2,1H3,(H,14,16)(H3,13,15,17);1H. The summed E-state index contributed by atoms with van der Waals surface area (Å²) in [5.41, 5.74) is 11.7. The number of nitrogens with one attached hydrogen (secondary N) is 2. The van der Waals surface area contributed by atoms with E-state index in [2.05, 4.69) is 10.6 Å². The topological polar surface area (TPSA) is 110 Å². The van der Waals surface area contributed by atoms with E-state index in [0.717, 1.165) is 0 Å². The zero-order valence-corrected chi connectivity index (χ0v) is 10.8. The van der Waals surface area contributed by atoms with Gasteiger partial charge in [0, 0.05) is 23.8 Å². The molecule has 3 amide bonds. The number of hydrogen-bond acceptors (Lipinski definition) is 3. The first-order valence-corrected chi connectivity index (χ1v) is 5.19. The third kappa shape index (κ3) is 6.07. The molecule has 1 unspecified atom stereocenters. The number of nitrogens with two attached hydrogens (primary N) is 2.